The molecule has 10 heteroatoms. The van der Waals surface area contributed by atoms with Gasteiger partial charge in [-0.1, -0.05) is 24.3 Å². The molecule has 4 aromatic rings. The summed E-state index contributed by atoms with van der Waals surface area (Å²) in [5.74, 6) is -0.261. The van der Waals surface area contributed by atoms with Crippen molar-refractivity contribution >= 4 is 48.7 Å². The van der Waals surface area contributed by atoms with Crippen LogP contribution in [-0.4, -0.2) is 25.8 Å². The van der Waals surface area contributed by atoms with Crippen LogP contribution in [0.1, 0.15) is 15.9 Å². The average Bonchev–Trinajstić information content (AvgIpc) is 3.22. The highest BCUT2D eigenvalue weighted by Gasteiger charge is 2.18. The highest BCUT2D eigenvalue weighted by atomic mass is 32.2. The van der Waals surface area contributed by atoms with Gasteiger partial charge in [-0.15, -0.1) is 11.3 Å². The Labute approximate surface area is 194 Å². The standard InChI is InChI=1S/C23H19N3O5S2/c27-23(24-13-12-17-15-32-22-7-2-1-6-21(17)22)16-8-10-18(11-9-16)25-33(30,31)20-5-3-4-19(14-20)26(28)29/h1-11,14-15,25H,12-13H2,(H,24,27). The van der Waals surface area contributed by atoms with Crippen molar-refractivity contribution in [3.8, 4) is 0 Å². The van der Waals surface area contributed by atoms with Crippen molar-refractivity contribution in [3.05, 3.63) is 99.4 Å². The van der Waals surface area contributed by atoms with Crippen LogP contribution >= 0.6 is 11.3 Å². The number of hydrogen-bond donors (Lipinski definition) is 2. The summed E-state index contributed by atoms with van der Waals surface area (Å²) in [6, 6.07) is 18.9. The molecular formula is C23H19N3O5S2. The van der Waals surface area contributed by atoms with Gasteiger partial charge in [-0.05, 0) is 59.1 Å². The molecule has 1 aromatic heterocycles. The molecule has 1 amide bonds. The molecule has 0 atom stereocenters. The first-order valence-electron chi connectivity index (χ1n) is 9.94. The lowest BCUT2D eigenvalue weighted by Crippen LogP contribution is -2.25. The molecule has 0 saturated carbocycles. The third-order valence-electron chi connectivity index (χ3n) is 4.98. The van der Waals surface area contributed by atoms with Crippen LogP contribution in [0.25, 0.3) is 10.1 Å². The molecule has 0 bridgehead atoms. The Bertz CT molecular complexity index is 1430. The molecule has 3 aromatic carbocycles. The number of nitro groups is 1. The minimum Gasteiger partial charge on any atom is -0.352 e. The van der Waals surface area contributed by atoms with Crippen LogP contribution in [0, 0.1) is 10.1 Å². The number of thiophene rings is 1. The van der Waals surface area contributed by atoms with Crippen molar-refractivity contribution in [1.82, 2.24) is 5.32 Å². The van der Waals surface area contributed by atoms with Gasteiger partial charge >= 0.3 is 0 Å². The van der Waals surface area contributed by atoms with E-state index in [4.69, 9.17) is 0 Å². The minimum atomic E-state index is -4.01. The number of carbonyl (C=O) groups is 1. The van der Waals surface area contributed by atoms with E-state index in [1.807, 2.05) is 12.1 Å². The molecule has 0 fully saturated rings. The molecule has 8 nitrogen and oxygen atoms in total. The minimum absolute atomic E-state index is 0.223. The lowest BCUT2D eigenvalue weighted by atomic mass is 10.1. The topological polar surface area (TPSA) is 118 Å². The first kappa shape index (κ1) is 22.4. The zero-order valence-corrected chi connectivity index (χ0v) is 18.9. The molecule has 1 heterocycles. The Morgan fingerprint density at radius 2 is 1.76 bits per heavy atom. The highest BCUT2D eigenvalue weighted by molar-refractivity contribution is 7.92. The van der Waals surface area contributed by atoms with E-state index in [0.717, 1.165) is 6.07 Å². The summed E-state index contributed by atoms with van der Waals surface area (Å²) in [6.07, 6.45) is 0.705. The third-order valence-corrected chi connectivity index (χ3v) is 7.37. The molecule has 168 valence electrons. The van der Waals surface area contributed by atoms with E-state index < -0.39 is 14.9 Å². The molecule has 0 aliphatic heterocycles. The predicted molar refractivity (Wildman–Crippen MR) is 128 cm³/mol. The highest BCUT2D eigenvalue weighted by Crippen LogP contribution is 2.26. The van der Waals surface area contributed by atoms with Crippen molar-refractivity contribution < 1.29 is 18.1 Å². The maximum Gasteiger partial charge on any atom is 0.270 e. The normalized spacial score (nSPS) is 11.3. The van der Waals surface area contributed by atoms with Gasteiger partial charge in [0, 0.05) is 34.6 Å². The second kappa shape index (κ2) is 9.39. The fourth-order valence-electron chi connectivity index (χ4n) is 3.31. The van der Waals surface area contributed by atoms with Crippen LogP contribution in [0.15, 0.2) is 83.1 Å². The fourth-order valence-corrected chi connectivity index (χ4v) is 5.40. The van der Waals surface area contributed by atoms with Gasteiger partial charge in [-0.3, -0.25) is 19.6 Å². The van der Waals surface area contributed by atoms with Gasteiger partial charge in [0.15, 0.2) is 0 Å². The van der Waals surface area contributed by atoms with Crippen LogP contribution in [0.3, 0.4) is 0 Å². The first-order valence-corrected chi connectivity index (χ1v) is 12.3. The number of rotatable bonds is 8. The number of nitrogens with one attached hydrogen (secondary N) is 2. The van der Waals surface area contributed by atoms with Crippen LogP contribution in [0.2, 0.25) is 0 Å². The van der Waals surface area contributed by atoms with Gasteiger partial charge in [0.2, 0.25) is 0 Å². The largest absolute Gasteiger partial charge is 0.352 e. The van der Waals surface area contributed by atoms with Crippen molar-refractivity contribution in [2.24, 2.45) is 0 Å². The number of non-ortho nitro benzene ring substituents is 1. The monoisotopic (exact) mass is 481 g/mol. The maximum absolute atomic E-state index is 12.5. The number of sulfonamides is 1. The van der Waals surface area contributed by atoms with Gasteiger partial charge in [-0.25, -0.2) is 8.42 Å². The van der Waals surface area contributed by atoms with Crippen molar-refractivity contribution in [2.75, 3.05) is 11.3 Å². The number of fused-ring (bicyclic) bond motifs is 1. The fraction of sp³-hybridized carbons (Fsp3) is 0.0870. The second-order valence-electron chi connectivity index (χ2n) is 7.20. The molecule has 4 rings (SSSR count). The Balaban J connectivity index is 1.37. The van der Waals surface area contributed by atoms with Crippen LogP contribution < -0.4 is 10.0 Å². The Morgan fingerprint density at radius 3 is 2.52 bits per heavy atom. The molecule has 33 heavy (non-hydrogen) atoms. The van der Waals surface area contributed by atoms with Gasteiger partial charge < -0.3 is 5.32 Å². The Kier molecular flexibility index (Phi) is 6.38. The quantitative estimate of drug-likeness (QED) is 0.282. The van der Waals surface area contributed by atoms with Crippen molar-refractivity contribution in [3.63, 3.8) is 0 Å². The van der Waals surface area contributed by atoms with Crippen LogP contribution in [0.5, 0.6) is 0 Å². The summed E-state index contributed by atoms with van der Waals surface area (Å²) >= 11 is 1.67. The summed E-state index contributed by atoms with van der Waals surface area (Å²) in [5, 5.41) is 17.1. The molecular weight excluding hydrogens is 462 g/mol. The van der Waals surface area contributed by atoms with Crippen molar-refractivity contribution in [1.29, 1.82) is 0 Å². The third kappa shape index (κ3) is 5.18. The van der Waals surface area contributed by atoms with Gasteiger partial charge in [0.05, 0.1) is 9.82 Å². The molecule has 0 aliphatic carbocycles. The number of nitro benzene ring substituents is 1. The first-order chi connectivity index (χ1) is 15.8. The SMILES string of the molecule is O=C(NCCc1csc2ccccc12)c1ccc(NS(=O)(=O)c2cccc([N+](=O)[O-])c2)cc1. The predicted octanol–water partition coefficient (Wildman–Crippen LogP) is 4.58. The number of nitrogens with zero attached hydrogens (tertiary/aromatic N) is 1. The summed E-state index contributed by atoms with van der Waals surface area (Å²) in [7, 11) is -4.01. The van der Waals surface area contributed by atoms with Gasteiger partial charge in [0.25, 0.3) is 21.6 Å². The van der Waals surface area contributed by atoms with Gasteiger partial charge in [0.1, 0.15) is 0 Å². The average molecular weight is 482 g/mol. The smallest absolute Gasteiger partial charge is 0.270 e. The number of hydrogen-bond acceptors (Lipinski definition) is 6. The van der Waals surface area contributed by atoms with Crippen molar-refractivity contribution in [2.45, 2.75) is 11.3 Å². The van der Waals surface area contributed by atoms with Crippen LogP contribution in [0.4, 0.5) is 11.4 Å². The molecule has 0 aliphatic rings. The summed E-state index contributed by atoms with van der Waals surface area (Å²) in [4.78, 5) is 22.5. The van der Waals surface area contributed by atoms with E-state index in [-0.39, 0.29) is 22.2 Å². The van der Waals surface area contributed by atoms with E-state index in [2.05, 4.69) is 27.6 Å². The van der Waals surface area contributed by atoms with E-state index in [9.17, 15) is 23.3 Å². The van der Waals surface area contributed by atoms with E-state index in [0.29, 0.717) is 18.5 Å². The molecule has 0 saturated heterocycles. The van der Waals surface area contributed by atoms with Gasteiger partial charge in [-0.2, -0.15) is 0 Å². The zero-order valence-electron chi connectivity index (χ0n) is 17.2. The zero-order chi connectivity index (χ0) is 23.4. The summed E-state index contributed by atoms with van der Waals surface area (Å²) in [5.41, 5.74) is 1.49. The van der Waals surface area contributed by atoms with E-state index in [1.165, 1.54) is 58.1 Å². The lowest BCUT2D eigenvalue weighted by molar-refractivity contribution is -0.385. The number of amides is 1. The summed E-state index contributed by atoms with van der Waals surface area (Å²) < 4.78 is 28.6. The number of anilines is 1. The molecule has 2 N–H and O–H groups in total. The van der Waals surface area contributed by atoms with Crippen LogP contribution in [-0.2, 0) is 16.4 Å². The van der Waals surface area contributed by atoms with E-state index >= 15 is 0 Å². The molecule has 0 radical (unpaired) electrons. The summed E-state index contributed by atoms with van der Waals surface area (Å²) in [6.45, 7) is 0.473. The number of carbonyl (C=O) groups excluding carboxylic acids is 1. The Hall–Kier alpha value is -3.76. The molecule has 0 unspecified atom stereocenters. The maximum atomic E-state index is 12.5. The van der Waals surface area contributed by atoms with E-state index in [1.54, 1.807) is 11.3 Å². The Morgan fingerprint density at radius 1 is 1.00 bits per heavy atom. The molecule has 0 spiro atoms. The number of benzene rings is 3. The lowest BCUT2D eigenvalue weighted by Gasteiger charge is -2.09. The second-order valence-corrected chi connectivity index (χ2v) is 9.79.